The van der Waals surface area contributed by atoms with E-state index in [0.29, 0.717) is 17.7 Å². The third kappa shape index (κ3) is 3.46. The van der Waals surface area contributed by atoms with Crippen LogP contribution in [0.3, 0.4) is 0 Å². The summed E-state index contributed by atoms with van der Waals surface area (Å²) in [6.45, 7) is 11.5. The van der Waals surface area contributed by atoms with Gasteiger partial charge in [0.15, 0.2) is 0 Å². The molecule has 2 unspecified atom stereocenters. The molecule has 0 bridgehead atoms. The first-order valence-electron chi connectivity index (χ1n) is 7.80. The molecule has 2 saturated heterocycles. The number of ether oxygens (including phenoxy) is 1. The van der Waals surface area contributed by atoms with Gasteiger partial charge in [-0.3, -0.25) is 4.90 Å². The molecule has 2 aliphatic rings. The molecule has 18 heavy (non-hydrogen) atoms. The van der Waals surface area contributed by atoms with E-state index in [1.807, 2.05) is 0 Å². The van der Waals surface area contributed by atoms with E-state index in [-0.39, 0.29) is 0 Å². The molecule has 0 amide bonds. The van der Waals surface area contributed by atoms with Gasteiger partial charge in [-0.1, -0.05) is 13.8 Å². The van der Waals surface area contributed by atoms with Crippen LogP contribution < -0.4 is 5.32 Å². The fourth-order valence-electron chi connectivity index (χ4n) is 3.41. The second kappa shape index (κ2) is 6.36. The minimum absolute atomic E-state index is 0.334. The average molecular weight is 254 g/mol. The van der Waals surface area contributed by atoms with Crippen molar-refractivity contribution in [1.29, 1.82) is 0 Å². The maximum Gasteiger partial charge on any atom is 0.0706 e. The second-order valence-electron chi connectivity index (χ2n) is 6.15. The maximum absolute atomic E-state index is 5.98. The highest BCUT2D eigenvalue weighted by atomic mass is 16.5. The lowest BCUT2D eigenvalue weighted by molar-refractivity contribution is 0.0272. The molecular formula is C15H30N2O. The summed E-state index contributed by atoms with van der Waals surface area (Å²) in [7, 11) is 0. The molecular weight excluding hydrogens is 224 g/mol. The van der Waals surface area contributed by atoms with Crippen molar-refractivity contribution >= 4 is 0 Å². The first-order chi connectivity index (χ1) is 8.67. The molecule has 2 heterocycles. The van der Waals surface area contributed by atoms with E-state index >= 15 is 0 Å². The van der Waals surface area contributed by atoms with E-state index in [1.54, 1.807) is 0 Å². The number of rotatable bonds is 4. The summed E-state index contributed by atoms with van der Waals surface area (Å²) in [6, 6.07) is 0. The van der Waals surface area contributed by atoms with Crippen LogP contribution in [-0.4, -0.2) is 48.8 Å². The molecule has 0 aromatic rings. The highest BCUT2D eigenvalue weighted by Crippen LogP contribution is 2.23. The first kappa shape index (κ1) is 14.3. The number of nitrogens with zero attached hydrogens (tertiary/aromatic N) is 1. The zero-order valence-electron chi connectivity index (χ0n) is 12.4. The lowest BCUT2D eigenvalue weighted by Gasteiger charge is -2.36. The van der Waals surface area contributed by atoms with Crippen LogP contribution >= 0.6 is 0 Å². The largest absolute Gasteiger partial charge is 0.374 e. The lowest BCUT2D eigenvalue weighted by Crippen LogP contribution is -2.51. The van der Waals surface area contributed by atoms with Crippen LogP contribution in [0.4, 0.5) is 0 Å². The highest BCUT2D eigenvalue weighted by molar-refractivity contribution is 4.92. The van der Waals surface area contributed by atoms with Crippen molar-refractivity contribution in [3.05, 3.63) is 0 Å². The third-order valence-corrected chi connectivity index (χ3v) is 4.81. The Labute approximate surface area is 112 Å². The Kier molecular flexibility index (Phi) is 5.05. The Morgan fingerprint density at radius 2 is 2.06 bits per heavy atom. The number of hydrogen-bond donors (Lipinski definition) is 1. The first-order valence-corrected chi connectivity index (χ1v) is 7.80. The van der Waals surface area contributed by atoms with Crippen molar-refractivity contribution in [1.82, 2.24) is 10.2 Å². The van der Waals surface area contributed by atoms with E-state index in [4.69, 9.17) is 4.74 Å². The zero-order valence-corrected chi connectivity index (χ0v) is 12.4. The summed E-state index contributed by atoms with van der Waals surface area (Å²) in [5.74, 6) is 0. The number of nitrogens with one attached hydrogen (secondary N) is 1. The molecule has 0 spiro atoms. The van der Waals surface area contributed by atoms with Crippen molar-refractivity contribution in [2.45, 2.75) is 70.6 Å². The predicted octanol–water partition coefficient (Wildman–Crippen LogP) is 2.41. The van der Waals surface area contributed by atoms with Gasteiger partial charge in [-0.05, 0) is 52.1 Å². The lowest BCUT2D eigenvalue weighted by atomic mass is 9.92. The normalized spacial score (nSPS) is 33.5. The Bertz CT molecular complexity index is 253. The molecule has 0 aliphatic carbocycles. The minimum Gasteiger partial charge on any atom is -0.374 e. The van der Waals surface area contributed by atoms with Crippen LogP contribution in [-0.2, 0) is 4.74 Å². The van der Waals surface area contributed by atoms with Gasteiger partial charge < -0.3 is 10.1 Å². The third-order valence-electron chi connectivity index (χ3n) is 4.81. The van der Waals surface area contributed by atoms with Crippen LogP contribution in [0.25, 0.3) is 0 Å². The summed E-state index contributed by atoms with van der Waals surface area (Å²) in [6.07, 6.45) is 7.15. The quantitative estimate of drug-likeness (QED) is 0.834. The molecule has 2 atom stereocenters. The molecule has 1 N–H and O–H groups in total. The summed E-state index contributed by atoms with van der Waals surface area (Å²) in [5, 5.41) is 3.78. The van der Waals surface area contributed by atoms with E-state index in [9.17, 15) is 0 Å². The van der Waals surface area contributed by atoms with E-state index in [2.05, 4.69) is 31.0 Å². The van der Waals surface area contributed by atoms with E-state index in [1.165, 1.54) is 51.7 Å². The SMILES string of the molecule is CCC1(CC)CN(CC2CCC(C)O2)CCCN1. The second-order valence-corrected chi connectivity index (χ2v) is 6.15. The molecule has 3 heteroatoms. The van der Waals surface area contributed by atoms with Gasteiger partial charge in [0.2, 0.25) is 0 Å². The molecule has 2 aliphatic heterocycles. The summed E-state index contributed by atoms with van der Waals surface area (Å²) in [4.78, 5) is 2.63. The van der Waals surface area contributed by atoms with Crippen LogP contribution in [0.15, 0.2) is 0 Å². The summed E-state index contributed by atoms with van der Waals surface area (Å²) < 4.78 is 5.98. The van der Waals surface area contributed by atoms with Crippen molar-refractivity contribution in [2.75, 3.05) is 26.2 Å². The number of hydrogen-bond acceptors (Lipinski definition) is 3. The molecule has 0 aromatic heterocycles. The highest BCUT2D eigenvalue weighted by Gasteiger charge is 2.32. The predicted molar refractivity (Wildman–Crippen MR) is 75.9 cm³/mol. The Morgan fingerprint density at radius 3 is 2.67 bits per heavy atom. The standard InChI is InChI=1S/C15H30N2O/c1-4-15(5-2)12-17(10-6-9-16-15)11-14-8-7-13(3)18-14/h13-14,16H,4-12H2,1-3H3. The van der Waals surface area contributed by atoms with Crippen molar-refractivity contribution < 1.29 is 4.74 Å². The molecule has 0 aromatic carbocycles. The Balaban J connectivity index is 1.90. The van der Waals surface area contributed by atoms with Gasteiger partial charge in [0, 0.05) is 18.6 Å². The van der Waals surface area contributed by atoms with Crippen molar-refractivity contribution in [3.8, 4) is 0 Å². The fourth-order valence-corrected chi connectivity index (χ4v) is 3.41. The van der Waals surface area contributed by atoms with Crippen LogP contribution in [0.1, 0.15) is 52.9 Å². The molecule has 2 fully saturated rings. The van der Waals surface area contributed by atoms with Gasteiger partial charge >= 0.3 is 0 Å². The fraction of sp³-hybridized carbons (Fsp3) is 1.00. The Morgan fingerprint density at radius 1 is 1.28 bits per heavy atom. The molecule has 106 valence electrons. The average Bonchev–Trinajstić information content (AvgIpc) is 2.66. The van der Waals surface area contributed by atoms with Gasteiger partial charge in [0.1, 0.15) is 0 Å². The molecule has 0 saturated carbocycles. The van der Waals surface area contributed by atoms with Gasteiger partial charge in [0.05, 0.1) is 12.2 Å². The minimum atomic E-state index is 0.334. The van der Waals surface area contributed by atoms with E-state index in [0.717, 1.165) is 6.54 Å². The topological polar surface area (TPSA) is 24.5 Å². The zero-order chi connectivity index (χ0) is 13.0. The van der Waals surface area contributed by atoms with Gasteiger partial charge in [-0.25, -0.2) is 0 Å². The van der Waals surface area contributed by atoms with Crippen LogP contribution in [0.2, 0.25) is 0 Å². The molecule has 2 rings (SSSR count). The van der Waals surface area contributed by atoms with Crippen LogP contribution in [0, 0.1) is 0 Å². The van der Waals surface area contributed by atoms with E-state index < -0.39 is 0 Å². The summed E-state index contributed by atoms with van der Waals surface area (Å²) >= 11 is 0. The van der Waals surface area contributed by atoms with Gasteiger partial charge in [0.25, 0.3) is 0 Å². The van der Waals surface area contributed by atoms with Gasteiger partial charge in [-0.2, -0.15) is 0 Å². The molecule has 3 nitrogen and oxygen atoms in total. The maximum atomic E-state index is 5.98. The molecule has 0 radical (unpaired) electrons. The van der Waals surface area contributed by atoms with Crippen LogP contribution in [0.5, 0.6) is 0 Å². The van der Waals surface area contributed by atoms with Gasteiger partial charge in [-0.15, -0.1) is 0 Å². The smallest absolute Gasteiger partial charge is 0.0706 e. The summed E-state index contributed by atoms with van der Waals surface area (Å²) in [5.41, 5.74) is 0.334. The Hall–Kier alpha value is -0.120. The monoisotopic (exact) mass is 254 g/mol. The van der Waals surface area contributed by atoms with Crippen molar-refractivity contribution in [3.63, 3.8) is 0 Å². The van der Waals surface area contributed by atoms with Crippen molar-refractivity contribution in [2.24, 2.45) is 0 Å².